The maximum atomic E-state index is 5.92. The Kier molecular flexibility index (Phi) is 3.80. The first kappa shape index (κ1) is 14.5. The molecule has 1 atom stereocenters. The minimum absolute atomic E-state index is 0.191. The van der Waals surface area contributed by atoms with E-state index in [-0.39, 0.29) is 6.02 Å². The van der Waals surface area contributed by atoms with Crippen molar-refractivity contribution in [2.24, 2.45) is 10.7 Å². The summed E-state index contributed by atoms with van der Waals surface area (Å²) in [6.07, 6.45) is 0. The Hall–Kier alpha value is -2.43. The van der Waals surface area contributed by atoms with E-state index < -0.39 is 5.54 Å². The van der Waals surface area contributed by atoms with E-state index in [2.05, 4.69) is 4.99 Å². The van der Waals surface area contributed by atoms with Crippen LogP contribution in [0.1, 0.15) is 18.1 Å². The first-order valence-corrected chi connectivity index (χ1v) is 7.21. The molecule has 0 amide bonds. The maximum Gasteiger partial charge on any atom is 0.283 e. The monoisotopic (exact) mass is 292 g/mol. The molecular formula is C17H17BN2O2. The van der Waals surface area contributed by atoms with Crippen molar-refractivity contribution in [2.45, 2.75) is 12.5 Å². The Balaban J connectivity index is 2.07. The second-order valence-electron chi connectivity index (χ2n) is 5.18. The number of hydrogen-bond acceptors (Lipinski definition) is 4. The first-order valence-electron chi connectivity index (χ1n) is 7.21. The van der Waals surface area contributed by atoms with Crippen LogP contribution in [0.5, 0.6) is 5.75 Å². The number of rotatable bonds is 4. The fourth-order valence-corrected chi connectivity index (χ4v) is 2.68. The van der Waals surface area contributed by atoms with Gasteiger partial charge in [0.1, 0.15) is 25.7 Å². The summed E-state index contributed by atoms with van der Waals surface area (Å²) in [5.74, 6) is 0.824. The Morgan fingerprint density at radius 3 is 2.59 bits per heavy atom. The molecule has 0 aromatic heterocycles. The van der Waals surface area contributed by atoms with Crippen molar-refractivity contribution in [3.63, 3.8) is 0 Å². The molecule has 1 unspecified atom stereocenters. The second kappa shape index (κ2) is 5.75. The minimum atomic E-state index is -0.662. The number of aliphatic imine (C=N–C) groups is 1. The summed E-state index contributed by atoms with van der Waals surface area (Å²) in [5.41, 5.74) is 7.74. The van der Waals surface area contributed by atoms with Crippen LogP contribution in [-0.2, 0) is 10.3 Å². The highest BCUT2D eigenvalue weighted by Crippen LogP contribution is 2.37. The maximum absolute atomic E-state index is 5.92. The number of nitrogens with two attached hydrogens (primary N) is 1. The quantitative estimate of drug-likeness (QED) is 0.868. The van der Waals surface area contributed by atoms with Crippen molar-refractivity contribution in [3.05, 3.63) is 59.7 Å². The van der Waals surface area contributed by atoms with Crippen molar-refractivity contribution < 1.29 is 9.47 Å². The minimum Gasteiger partial charge on any atom is -0.494 e. The smallest absolute Gasteiger partial charge is 0.283 e. The summed E-state index contributed by atoms with van der Waals surface area (Å²) in [6.45, 7) is 2.95. The third-order valence-electron chi connectivity index (χ3n) is 3.74. The Labute approximate surface area is 131 Å². The van der Waals surface area contributed by atoms with Crippen molar-refractivity contribution in [2.75, 3.05) is 13.2 Å². The second-order valence-corrected chi connectivity index (χ2v) is 5.18. The van der Waals surface area contributed by atoms with Gasteiger partial charge in [-0.15, -0.1) is 0 Å². The predicted octanol–water partition coefficient (Wildman–Crippen LogP) is 1.47. The van der Waals surface area contributed by atoms with Gasteiger partial charge in [-0.2, -0.15) is 0 Å². The number of amidine groups is 1. The fraction of sp³-hybridized carbons (Fsp3) is 0.235. The highest BCUT2D eigenvalue weighted by molar-refractivity contribution is 6.32. The zero-order valence-corrected chi connectivity index (χ0v) is 12.5. The van der Waals surface area contributed by atoms with E-state index in [0.29, 0.717) is 18.7 Å². The van der Waals surface area contributed by atoms with Crippen molar-refractivity contribution in [1.82, 2.24) is 0 Å². The lowest BCUT2D eigenvalue weighted by molar-refractivity contribution is 0.278. The molecule has 0 saturated heterocycles. The van der Waals surface area contributed by atoms with Crippen molar-refractivity contribution >= 4 is 19.3 Å². The van der Waals surface area contributed by atoms with Crippen LogP contribution in [0.4, 0.5) is 0 Å². The van der Waals surface area contributed by atoms with E-state index in [1.807, 2.05) is 55.5 Å². The third-order valence-corrected chi connectivity index (χ3v) is 3.74. The summed E-state index contributed by atoms with van der Waals surface area (Å²) in [7, 11) is 5.92. The molecule has 0 aliphatic carbocycles. The number of ether oxygens (including phenoxy) is 2. The van der Waals surface area contributed by atoms with E-state index in [1.165, 1.54) is 0 Å². The molecule has 110 valence electrons. The summed E-state index contributed by atoms with van der Waals surface area (Å²) in [6, 6.07) is 15.7. The third kappa shape index (κ3) is 2.54. The topological polar surface area (TPSA) is 56.8 Å². The SMILES string of the molecule is [B]c1cccc(C2(c3ccc(OCC)cc3)COC(N)=N2)c1. The summed E-state index contributed by atoms with van der Waals surface area (Å²) in [4.78, 5) is 4.55. The van der Waals surface area contributed by atoms with Crippen molar-refractivity contribution in [3.8, 4) is 5.75 Å². The molecule has 2 aromatic rings. The summed E-state index contributed by atoms with van der Waals surface area (Å²) in [5, 5.41) is 0. The molecule has 2 N–H and O–H groups in total. The van der Waals surface area contributed by atoms with Gasteiger partial charge in [0.15, 0.2) is 0 Å². The van der Waals surface area contributed by atoms with Crippen LogP contribution in [0.2, 0.25) is 0 Å². The molecule has 1 heterocycles. The average Bonchev–Trinajstić information content (AvgIpc) is 2.92. The molecule has 2 radical (unpaired) electrons. The van der Waals surface area contributed by atoms with Crippen LogP contribution < -0.4 is 15.9 Å². The molecule has 2 aromatic carbocycles. The van der Waals surface area contributed by atoms with Crippen LogP contribution in [0, 0.1) is 0 Å². The lowest BCUT2D eigenvalue weighted by Crippen LogP contribution is -2.28. The van der Waals surface area contributed by atoms with Gasteiger partial charge in [-0.3, -0.25) is 0 Å². The summed E-state index contributed by atoms with van der Waals surface area (Å²) < 4.78 is 10.9. The number of hydrogen-bond donors (Lipinski definition) is 1. The molecule has 0 bridgehead atoms. The van der Waals surface area contributed by atoms with Gasteiger partial charge in [0.05, 0.1) is 6.61 Å². The molecule has 4 nitrogen and oxygen atoms in total. The standard InChI is InChI=1S/C17H17BN2O2/c1-2-21-15-8-6-12(7-9-15)17(11-22-16(19)20-17)13-4-3-5-14(18)10-13/h3-10H,2,11H2,1H3,(H2,19,20). The molecule has 5 heteroatoms. The van der Waals surface area contributed by atoms with E-state index in [0.717, 1.165) is 16.9 Å². The van der Waals surface area contributed by atoms with Gasteiger partial charge in [-0.05, 0) is 30.2 Å². The average molecular weight is 292 g/mol. The van der Waals surface area contributed by atoms with Gasteiger partial charge >= 0.3 is 0 Å². The molecule has 3 rings (SSSR count). The highest BCUT2D eigenvalue weighted by Gasteiger charge is 2.39. The Morgan fingerprint density at radius 2 is 2.00 bits per heavy atom. The molecule has 22 heavy (non-hydrogen) atoms. The van der Waals surface area contributed by atoms with E-state index in [9.17, 15) is 0 Å². The van der Waals surface area contributed by atoms with Gasteiger partial charge in [0.2, 0.25) is 0 Å². The molecule has 0 saturated carbocycles. The number of benzene rings is 2. The van der Waals surface area contributed by atoms with Gasteiger partial charge in [0, 0.05) is 0 Å². The van der Waals surface area contributed by atoms with Crippen molar-refractivity contribution in [1.29, 1.82) is 0 Å². The van der Waals surface area contributed by atoms with Crippen LogP contribution in [0.25, 0.3) is 0 Å². The highest BCUT2D eigenvalue weighted by atomic mass is 16.5. The van der Waals surface area contributed by atoms with E-state index in [4.69, 9.17) is 23.1 Å². The largest absolute Gasteiger partial charge is 0.494 e. The molecule has 1 aliphatic heterocycles. The van der Waals surface area contributed by atoms with Crippen LogP contribution in [0.3, 0.4) is 0 Å². The van der Waals surface area contributed by atoms with Crippen LogP contribution in [-0.4, -0.2) is 27.1 Å². The van der Waals surface area contributed by atoms with E-state index in [1.54, 1.807) is 0 Å². The molecule has 0 spiro atoms. The summed E-state index contributed by atoms with van der Waals surface area (Å²) >= 11 is 0. The number of nitrogens with zero attached hydrogens (tertiary/aromatic N) is 1. The van der Waals surface area contributed by atoms with Crippen LogP contribution in [0.15, 0.2) is 53.5 Å². The first-order chi connectivity index (χ1) is 10.6. The molecular weight excluding hydrogens is 275 g/mol. The Bertz CT molecular complexity index is 700. The van der Waals surface area contributed by atoms with E-state index >= 15 is 0 Å². The van der Waals surface area contributed by atoms with Gasteiger partial charge in [0.25, 0.3) is 6.02 Å². The zero-order chi connectivity index (χ0) is 15.6. The molecule has 1 aliphatic rings. The van der Waals surface area contributed by atoms with Gasteiger partial charge < -0.3 is 15.2 Å². The van der Waals surface area contributed by atoms with Crippen LogP contribution >= 0.6 is 0 Å². The van der Waals surface area contributed by atoms with Gasteiger partial charge in [-0.1, -0.05) is 41.9 Å². The Morgan fingerprint density at radius 1 is 1.23 bits per heavy atom. The lowest BCUT2D eigenvalue weighted by Gasteiger charge is -2.26. The molecule has 0 fully saturated rings. The normalized spacial score (nSPS) is 20.3. The van der Waals surface area contributed by atoms with Gasteiger partial charge in [-0.25, -0.2) is 4.99 Å². The zero-order valence-electron chi connectivity index (χ0n) is 12.5. The fourth-order valence-electron chi connectivity index (χ4n) is 2.68. The predicted molar refractivity (Wildman–Crippen MR) is 87.8 cm³/mol. The lowest BCUT2D eigenvalue weighted by atomic mass is 9.81.